The van der Waals surface area contributed by atoms with E-state index in [1.54, 1.807) is 11.7 Å². The van der Waals surface area contributed by atoms with Crippen LogP contribution in [0.2, 0.25) is 0 Å². The fourth-order valence-electron chi connectivity index (χ4n) is 3.91. The zero-order chi connectivity index (χ0) is 25.8. The second-order valence-electron chi connectivity index (χ2n) is 9.32. The van der Waals surface area contributed by atoms with Gasteiger partial charge in [-0.25, -0.2) is 4.79 Å². The van der Waals surface area contributed by atoms with Crippen LogP contribution in [0.5, 0.6) is 0 Å². The van der Waals surface area contributed by atoms with Crippen LogP contribution in [0.1, 0.15) is 42.7 Å². The lowest BCUT2D eigenvalue weighted by molar-refractivity contribution is -0.124. The SMILES string of the molecule is CC(C)C(N)C(=O)NC(CCC(Cc1ccccc1)NC(=O)OCc1cncs1)Cc1ccccc1. The van der Waals surface area contributed by atoms with Crippen molar-refractivity contribution in [3.05, 3.63) is 88.4 Å². The summed E-state index contributed by atoms with van der Waals surface area (Å²) >= 11 is 1.44. The average Bonchev–Trinajstić information content (AvgIpc) is 3.40. The summed E-state index contributed by atoms with van der Waals surface area (Å²) in [5, 5.41) is 6.18. The number of alkyl carbamates (subject to hydrolysis) is 1. The number of carbonyl (C=O) groups is 2. The number of amides is 2. The molecular weight excluding hydrogens is 472 g/mol. The molecule has 1 heterocycles. The van der Waals surface area contributed by atoms with Gasteiger partial charge in [0, 0.05) is 18.3 Å². The van der Waals surface area contributed by atoms with Gasteiger partial charge < -0.3 is 21.1 Å². The Bertz CT molecular complexity index is 1050. The Morgan fingerprint density at radius 2 is 1.47 bits per heavy atom. The Morgan fingerprint density at radius 1 is 0.917 bits per heavy atom. The molecule has 4 N–H and O–H groups in total. The topological polar surface area (TPSA) is 106 Å². The van der Waals surface area contributed by atoms with Gasteiger partial charge in [-0.2, -0.15) is 0 Å². The van der Waals surface area contributed by atoms with Crippen LogP contribution >= 0.6 is 11.3 Å². The molecule has 1 aromatic heterocycles. The van der Waals surface area contributed by atoms with Gasteiger partial charge >= 0.3 is 6.09 Å². The zero-order valence-electron chi connectivity index (χ0n) is 20.9. The Labute approximate surface area is 217 Å². The van der Waals surface area contributed by atoms with E-state index in [0.717, 1.165) is 16.0 Å². The molecule has 0 aliphatic heterocycles. The molecule has 7 nitrogen and oxygen atoms in total. The van der Waals surface area contributed by atoms with Crippen LogP contribution in [0.3, 0.4) is 0 Å². The van der Waals surface area contributed by atoms with Crippen molar-refractivity contribution in [2.75, 3.05) is 0 Å². The van der Waals surface area contributed by atoms with E-state index in [4.69, 9.17) is 10.5 Å². The molecule has 8 heteroatoms. The Hall–Kier alpha value is -3.23. The normalized spacial score (nSPS) is 13.6. The molecule has 3 atom stereocenters. The van der Waals surface area contributed by atoms with E-state index in [-0.39, 0.29) is 30.5 Å². The Morgan fingerprint density at radius 3 is 1.97 bits per heavy atom. The number of rotatable bonds is 13. The van der Waals surface area contributed by atoms with E-state index < -0.39 is 12.1 Å². The van der Waals surface area contributed by atoms with Crippen molar-refractivity contribution in [1.29, 1.82) is 0 Å². The maximum atomic E-state index is 12.8. The summed E-state index contributed by atoms with van der Waals surface area (Å²) in [6.07, 6.45) is 3.92. The van der Waals surface area contributed by atoms with E-state index in [1.807, 2.05) is 62.4 Å². The number of thiazole rings is 1. The maximum Gasteiger partial charge on any atom is 0.407 e. The third-order valence-corrected chi connectivity index (χ3v) is 6.78. The van der Waals surface area contributed by atoms with Gasteiger partial charge in [-0.05, 0) is 42.7 Å². The number of aromatic nitrogens is 1. The van der Waals surface area contributed by atoms with Gasteiger partial charge in [-0.15, -0.1) is 11.3 Å². The van der Waals surface area contributed by atoms with Crippen molar-refractivity contribution in [3.8, 4) is 0 Å². The standard InChI is InChI=1S/C28H36N4O3S/c1-20(2)26(29)27(33)31-23(15-21-9-5-3-6-10-21)13-14-24(16-22-11-7-4-8-12-22)32-28(34)35-18-25-17-30-19-36-25/h3-12,17,19-20,23-24,26H,13-16,18,29H2,1-2H3,(H,31,33)(H,32,34). The summed E-state index contributed by atoms with van der Waals surface area (Å²) in [5.74, 6) is -0.106. The monoisotopic (exact) mass is 508 g/mol. The molecule has 3 unspecified atom stereocenters. The minimum atomic E-state index is -0.566. The highest BCUT2D eigenvalue weighted by molar-refractivity contribution is 7.09. The molecule has 2 amide bonds. The summed E-state index contributed by atoms with van der Waals surface area (Å²) in [6, 6.07) is 19.3. The van der Waals surface area contributed by atoms with E-state index in [0.29, 0.717) is 25.7 Å². The molecule has 0 saturated carbocycles. The summed E-state index contributed by atoms with van der Waals surface area (Å²) in [7, 11) is 0. The molecule has 0 fully saturated rings. The van der Waals surface area contributed by atoms with Crippen LogP contribution in [-0.2, 0) is 29.0 Å². The number of carbonyl (C=O) groups excluding carboxylic acids is 2. The van der Waals surface area contributed by atoms with E-state index in [9.17, 15) is 9.59 Å². The number of benzene rings is 2. The van der Waals surface area contributed by atoms with Gasteiger partial charge in [0.25, 0.3) is 0 Å². The first kappa shape index (κ1) is 27.4. The highest BCUT2D eigenvalue weighted by Crippen LogP contribution is 2.14. The first-order chi connectivity index (χ1) is 17.4. The van der Waals surface area contributed by atoms with Gasteiger partial charge in [-0.1, -0.05) is 74.5 Å². The van der Waals surface area contributed by atoms with Gasteiger partial charge in [0.05, 0.1) is 16.4 Å². The Kier molecular flexibility index (Phi) is 10.9. The predicted molar refractivity (Wildman–Crippen MR) is 143 cm³/mol. The number of hydrogen-bond donors (Lipinski definition) is 3. The second-order valence-corrected chi connectivity index (χ2v) is 10.3. The quantitative estimate of drug-likeness (QED) is 0.316. The van der Waals surface area contributed by atoms with Crippen LogP contribution in [0.15, 0.2) is 72.4 Å². The first-order valence-electron chi connectivity index (χ1n) is 12.3. The fraction of sp³-hybridized carbons (Fsp3) is 0.393. The highest BCUT2D eigenvalue weighted by atomic mass is 32.1. The van der Waals surface area contributed by atoms with Crippen molar-refractivity contribution in [2.45, 2.75) is 64.3 Å². The lowest BCUT2D eigenvalue weighted by atomic mass is 9.95. The third-order valence-electron chi connectivity index (χ3n) is 6.03. The molecule has 0 radical (unpaired) electrons. The van der Waals surface area contributed by atoms with Crippen LogP contribution in [0.4, 0.5) is 4.79 Å². The van der Waals surface area contributed by atoms with Crippen molar-refractivity contribution in [2.24, 2.45) is 11.7 Å². The Balaban J connectivity index is 1.66. The molecule has 0 aliphatic carbocycles. The van der Waals surface area contributed by atoms with Gasteiger partial charge in [0.15, 0.2) is 0 Å². The number of nitrogens with zero attached hydrogens (tertiary/aromatic N) is 1. The van der Waals surface area contributed by atoms with Crippen molar-refractivity contribution in [3.63, 3.8) is 0 Å². The summed E-state index contributed by atoms with van der Waals surface area (Å²) < 4.78 is 5.41. The molecule has 0 bridgehead atoms. The van der Waals surface area contributed by atoms with Gasteiger partial charge in [-0.3, -0.25) is 9.78 Å². The number of ether oxygens (including phenoxy) is 1. The number of nitrogens with two attached hydrogens (primary N) is 1. The van der Waals surface area contributed by atoms with E-state index >= 15 is 0 Å². The molecule has 2 aromatic carbocycles. The highest BCUT2D eigenvalue weighted by Gasteiger charge is 2.23. The van der Waals surface area contributed by atoms with Crippen LogP contribution < -0.4 is 16.4 Å². The first-order valence-corrected chi connectivity index (χ1v) is 13.2. The third kappa shape index (κ3) is 9.43. The summed E-state index contributed by atoms with van der Waals surface area (Å²) in [6.45, 7) is 4.07. The lowest BCUT2D eigenvalue weighted by Gasteiger charge is -2.25. The number of hydrogen-bond acceptors (Lipinski definition) is 6. The molecule has 0 aliphatic rings. The lowest BCUT2D eigenvalue weighted by Crippen LogP contribution is -2.49. The second kappa shape index (κ2) is 14.4. The van der Waals surface area contributed by atoms with Crippen molar-refractivity contribution < 1.29 is 14.3 Å². The minimum Gasteiger partial charge on any atom is -0.444 e. The minimum absolute atomic E-state index is 0.0446. The molecular formula is C28H36N4O3S. The molecule has 0 saturated heterocycles. The largest absolute Gasteiger partial charge is 0.444 e. The van der Waals surface area contributed by atoms with Crippen LogP contribution in [0, 0.1) is 5.92 Å². The summed E-state index contributed by atoms with van der Waals surface area (Å²) in [4.78, 5) is 30.2. The molecule has 36 heavy (non-hydrogen) atoms. The van der Waals surface area contributed by atoms with Gasteiger partial charge in [0.2, 0.25) is 5.91 Å². The van der Waals surface area contributed by atoms with Crippen molar-refractivity contribution >= 4 is 23.3 Å². The average molecular weight is 509 g/mol. The smallest absolute Gasteiger partial charge is 0.407 e. The maximum absolute atomic E-state index is 12.8. The molecule has 192 valence electrons. The fourth-order valence-corrected chi connectivity index (χ4v) is 4.41. The predicted octanol–water partition coefficient (Wildman–Crippen LogP) is 4.47. The zero-order valence-corrected chi connectivity index (χ0v) is 21.7. The van der Waals surface area contributed by atoms with E-state index in [2.05, 4.69) is 27.8 Å². The number of nitrogens with one attached hydrogen (secondary N) is 2. The van der Waals surface area contributed by atoms with Crippen molar-refractivity contribution in [1.82, 2.24) is 15.6 Å². The molecule has 0 spiro atoms. The molecule has 3 rings (SSSR count). The summed E-state index contributed by atoms with van der Waals surface area (Å²) in [5.41, 5.74) is 10.1. The molecule has 3 aromatic rings. The van der Waals surface area contributed by atoms with Crippen LogP contribution in [0.25, 0.3) is 0 Å². The van der Waals surface area contributed by atoms with Gasteiger partial charge in [0.1, 0.15) is 6.61 Å². The van der Waals surface area contributed by atoms with Crippen LogP contribution in [-0.4, -0.2) is 35.1 Å². The van der Waals surface area contributed by atoms with E-state index in [1.165, 1.54) is 11.3 Å².